The van der Waals surface area contributed by atoms with E-state index >= 15 is 0 Å². The second-order valence-electron chi connectivity index (χ2n) is 7.04. The molecule has 144 valence electrons. The van der Waals surface area contributed by atoms with E-state index in [-0.39, 0.29) is 29.3 Å². The number of hydrogen-bond donors (Lipinski definition) is 4. The Hall–Kier alpha value is -2.74. The number of aromatic nitrogens is 2. The molecular formula is C19H25FN6O. The lowest BCUT2D eigenvalue weighted by molar-refractivity contribution is 0.100. The number of nitrogens with two attached hydrogens (primary N) is 2. The maximum Gasteiger partial charge on any atom is 0.252 e. The molecule has 2 atom stereocenters. The first-order chi connectivity index (χ1) is 12.8. The molecule has 1 unspecified atom stereocenters. The number of carbonyl (C=O) groups is 1. The molecule has 0 radical (unpaired) electrons. The molecule has 0 bridgehead atoms. The number of amides is 1. The number of nitrogens with one attached hydrogen (secondary N) is 2. The summed E-state index contributed by atoms with van der Waals surface area (Å²) in [5, 5.41) is 6.16. The van der Waals surface area contributed by atoms with Gasteiger partial charge in [0.25, 0.3) is 5.91 Å². The van der Waals surface area contributed by atoms with Crippen molar-refractivity contribution in [2.24, 2.45) is 11.5 Å². The molecule has 0 spiro atoms. The minimum absolute atomic E-state index is 0.0156. The maximum atomic E-state index is 14.5. The van der Waals surface area contributed by atoms with E-state index in [1.807, 2.05) is 26.0 Å². The number of primary amides is 1. The summed E-state index contributed by atoms with van der Waals surface area (Å²) >= 11 is 0. The summed E-state index contributed by atoms with van der Waals surface area (Å²) in [5.74, 6) is -1.13. The largest absolute Gasteiger partial charge is 0.365 e. The lowest BCUT2D eigenvalue weighted by atomic mass is 9.91. The summed E-state index contributed by atoms with van der Waals surface area (Å²) < 4.78 is 14.5. The Balaban J connectivity index is 1.94. The smallest absolute Gasteiger partial charge is 0.252 e. The van der Waals surface area contributed by atoms with Crippen LogP contribution in [0.25, 0.3) is 0 Å². The molecule has 6 N–H and O–H groups in total. The van der Waals surface area contributed by atoms with Gasteiger partial charge in [0.05, 0.1) is 5.56 Å². The van der Waals surface area contributed by atoms with Crippen molar-refractivity contribution in [2.75, 3.05) is 10.6 Å². The molecular weight excluding hydrogens is 347 g/mol. The van der Waals surface area contributed by atoms with Crippen molar-refractivity contribution in [1.82, 2.24) is 9.97 Å². The monoisotopic (exact) mass is 372 g/mol. The molecule has 8 heteroatoms. The predicted octanol–water partition coefficient (Wildman–Crippen LogP) is 2.76. The third-order valence-corrected chi connectivity index (χ3v) is 4.73. The fraction of sp³-hybridized carbons (Fsp3) is 0.421. The average Bonchev–Trinajstić information content (AvgIpc) is 2.58. The van der Waals surface area contributed by atoms with Crippen LogP contribution in [-0.2, 0) is 0 Å². The van der Waals surface area contributed by atoms with Crippen molar-refractivity contribution in [3.05, 3.63) is 41.0 Å². The molecule has 2 aromatic heterocycles. The minimum Gasteiger partial charge on any atom is -0.365 e. The van der Waals surface area contributed by atoms with E-state index in [9.17, 15) is 9.18 Å². The normalized spacial score (nSPS) is 19.6. The van der Waals surface area contributed by atoms with Crippen LogP contribution in [0, 0.1) is 19.7 Å². The molecule has 1 fully saturated rings. The van der Waals surface area contributed by atoms with Gasteiger partial charge in [-0.1, -0.05) is 12.8 Å². The summed E-state index contributed by atoms with van der Waals surface area (Å²) in [4.78, 5) is 20.4. The summed E-state index contributed by atoms with van der Waals surface area (Å²) in [6, 6.07) is 4.62. The highest BCUT2D eigenvalue weighted by Crippen LogP contribution is 2.27. The number of aryl methyl sites for hydroxylation is 2. The van der Waals surface area contributed by atoms with Gasteiger partial charge in [-0.2, -0.15) is 0 Å². The zero-order valence-electron chi connectivity index (χ0n) is 15.6. The molecule has 1 amide bonds. The number of carbonyl (C=O) groups excluding carboxylic acids is 1. The zero-order chi connectivity index (χ0) is 19.6. The highest BCUT2D eigenvalue weighted by Gasteiger charge is 2.24. The van der Waals surface area contributed by atoms with Crippen LogP contribution >= 0.6 is 0 Å². The van der Waals surface area contributed by atoms with Crippen LogP contribution < -0.4 is 22.1 Å². The molecule has 1 saturated carbocycles. The second-order valence-corrected chi connectivity index (χ2v) is 7.04. The molecule has 3 rings (SSSR count). The Morgan fingerprint density at radius 2 is 1.78 bits per heavy atom. The standard InChI is InChI=1S/C19H25FN6O/c1-10-7-12(8-11(2)23-10)24-18-13(17(22)27)9-14(20)19(26-18)25-16-6-4-3-5-15(16)21/h7-9,15-16H,3-6,21H2,1-2H3,(H2,22,27)(H2,23,24,25,26)/t15?,16-/m1/s1. The van der Waals surface area contributed by atoms with Crippen molar-refractivity contribution in [3.63, 3.8) is 0 Å². The molecule has 7 nitrogen and oxygen atoms in total. The minimum atomic E-state index is -0.757. The van der Waals surface area contributed by atoms with Gasteiger partial charge in [0.2, 0.25) is 0 Å². The Kier molecular flexibility index (Phi) is 5.55. The first kappa shape index (κ1) is 19.0. The van der Waals surface area contributed by atoms with Crippen LogP contribution in [0.1, 0.15) is 47.4 Å². The number of halogens is 1. The highest BCUT2D eigenvalue weighted by molar-refractivity contribution is 5.98. The third-order valence-electron chi connectivity index (χ3n) is 4.73. The first-order valence-corrected chi connectivity index (χ1v) is 9.08. The number of nitrogens with zero attached hydrogens (tertiary/aromatic N) is 2. The highest BCUT2D eigenvalue weighted by atomic mass is 19.1. The quantitative estimate of drug-likeness (QED) is 0.641. The topological polar surface area (TPSA) is 119 Å². The van der Waals surface area contributed by atoms with Crippen molar-refractivity contribution >= 4 is 23.2 Å². The van der Waals surface area contributed by atoms with Crippen molar-refractivity contribution in [1.29, 1.82) is 0 Å². The summed E-state index contributed by atoms with van der Waals surface area (Å²) in [7, 11) is 0. The summed E-state index contributed by atoms with van der Waals surface area (Å²) in [6.07, 6.45) is 3.85. The molecule has 2 heterocycles. The van der Waals surface area contributed by atoms with Gasteiger partial charge in [0, 0.05) is 29.2 Å². The van der Waals surface area contributed by atoms with Crippen LogP contribution in [0.3, 0.4) is 0 Å². The Labute approximate surface area is 157 Å². The van der Waals surface area contributed by atoms with Crippen molar-refractivity contribution in [3.8, 4) is 0 Å². The van der Waals surface area contributed by atoms with Gasteiger partial charge in [-0.05, 0) is 44.9 Å². The van der Waals surface area contributed by atoms with Gasteiger partial charge >= 0.3 is 0 Å². The Morgan fingerprint density at radius 3 is 2.41 bits per heavy atom. The van der Waals surface area contributed by atoms with Gasteiger partial charge in [-0.15, -0.1) is 0 Å². The molecule has 0 saturated heterocycles. The SMILES string of the molecule is Cc1cc(Nc2nc(N[C@@H]3CCCCC3N)c(F)cc2C(N)=O)cc(C)n1. The molecule has 1 aliphatic rings. The van der Waals surface area contributed by atoms with Gasteiger partial charge in [-0.25, -0.2) is 9.37 Å². The van der Waals surface area contributed by atoms with Gasteiger partial charge in [0.15, 0.2) is 11.6 Å². The van der Waals surface area contributed by atoms with Crippen LogP contribution in [0.15, 0.2) is 18.2 Å². The van der Waals surface area contributed by atoms with Crippen LogP contribution in [0.4, 0.5) is 21.7 Å². The van der Waals surface area contributed by atoms with Crippen molar-refractivity contribution in [2.45, 2.75) is 51.6 Å². The number of rotatable bonds is 5. The lowest BCUT2D eigenvalue weighted by Crippen LogP contribution is -2.43. The summed E-state index contributed by atoms with van der Waals surface area (Å²) in [6.45, 7) is 3.73. The van der Waals surface area contributed by atoms with Gasteiger partial charge < -0.3 is 22.1 Å². The number of hydrogen-bond acceptors (Lipinski definition) is 6. The Bertz CT molecular complexity index is 836. The first-order valence-electron chi connectivity index (χ1n) is 9.08. The fourth-order valence-corrected chi connectivity index (χ4v) is 3.43. The van der Waals surface area contributed by atoms with E-state index in [2.05, 4.69) is 20.6 Å². The lowest BCUT2D eigenvalue weighted by Gasteiger charge is -2.30. The van der Waals surface area contributed by atoms with E-state index < -0.39 is 11.7 Å². The zero-order valence-corrected chi connectivity index (χ0v) is 15.6. The van der Waals surface area contributed by atoms with E-state index in [1.54, 1.807) is 0 Å². The van der Waals surface area contributed by atoms with E-state index in [0.717, 1.165) is 43.1 Å². The van der Waals surface area contributed by atoms with Crippen LogP contribution in [0.5, 0.6) is 0 Å². The summed E-state index contributed by atoms with van der Waals surface area (Å²) in [5.41, 5.74) is 13.9. The molecule has 0 aliphatic heterocycles. The molecule has 1 aliphatic carbocycles. The van der Waals surface area contributed by atoms with Crippen LogP contribution in [0.2, 0.25) is 0 Å². The Morgan fingerprint density at radius 1 is 1.11 bits per heavy atom. The van der Waals surface area contributed by atoms with Gasteiger partial charge in [-0.3, -0.25) is 9.78 Å². The number of pyridine rings is 2. The van der Waals surface area contributed by atoms with Gasteiger partial charge in [0.1, 0.15) is 5.82 Å². The maximum absolute atomic E-state index is 14.5. The van der Waals surface area contributed by atoms with E-state index in [1.165, 1.54) is 0 Å². The fourth-order valence-electron chi connectivity index (χ4n) is 3.43. The second kappa shape index (κ2) is 7.87. The van der Waals surface area contributed by atoms with Crippen LogP contribution in [-0.4, -0.2) is 28.0 Å². The molecule has 27 heavy (non-hydrogen) atoms. The third kappa shape index (κ3) is 4.51. The number of anilines is 3. The predicted molar refractivity (Wildman–Crippen MR) is 104 cm³/mol. The van der Waals surface area contributed by atoms with E-state index in [0.29, 0.717) is 5.69 Å². The average molecular weight is 372 g/mol. The van der Waals surface area contributed by atoms with Crippen molar-refractivity contribution < 1.29 is 9.18 Å². The molecule has 0 aromatic carbocycles. The van der Waals surface area contributed by atoms with E-state index in [4.69, 9.17) is 11.5 Å². The molecule has 2 aromatic rings.